The average molecular weight is 241 g/mol. The normalized spacial score (nSPS) is 10.7. The van der Waals surface area contributed by atoms with E-state index in [-0.39, 0.29) is 12.6 Å². The van der Waals surface area contributed by atoms with Crippen LogP contribution in [0, 0.1) is 6.92 Å². The number of hydrogen-bond acceptors (Lipinski definition) is 5. The number of aryl methyl sites for hydroxylation is 1. The lowest BCUT2D eigenvalue weighted by Crippen LogP contribution is -2.00. The molecule has 0 saturated heterocycles. The highest BCUT2D eigenvalue weighted by atomic mass is 35.5. The second-order valence-corrected chi connectivity index (χ2v) is 3.63. The van der Waals surface area contributed by atoms with Gasteiger partial charge < -0.3 is 4.74 Å². The van der Waals surface area contributed by atoms with E-state index in [1.807, 2.05) is 6.92 Å². The molecule has 2 heterocycles. The standard InChI is InChI=1S/C9H9ClN4O2/c1-5-3-7(10)14-9(11-5)12-8(13-14)4-16-6(2)15/h3H,4H2,1-2H3. The van der Waals surface area contributed by atoms with Crippen LogP contribution in [0.5, 0.6) is 0 Å². The zero-order chi connectivity index (χ0) is 11.7. The van der Waals surface area contributed by atoms with Crippen molar-refractivity contribution in [3.8, 4) is 0 Å². The lowest BCUT2D eigenvalue weighted by molar-refractivity contribution is -0.142. The van der Waals surface area contributed by atoms with Crippen molar-refractivity contribution in [2.45, 2.75) is 20.5 Å². The number of ether oxygens (including phenoxy) is 1. The fourth-order valence-electron chi connectivity index (χ4n) is 1.21. The fraction of sp³-hybridized carbons (Fsp3) is 0.333. The van der Waals surface area contributed by atoms with Gasteiger partial charge in [-0.05, 0) is 13.0 Å². The number of fused-ring (bicyclic) bond motifs is 1. The summed E-state index contributed by atoms with van der Waals surface area (Å²) in [7, 11) is 0. The maximum Gasteiger partial charge on any atom is 0.303 e. The molecule has 16 heavy (non-hydrogen) atoms. The molecule has 84 valence electrons. The highest BCUT2D eigenvalue weighted by molar-refractivity contribution is 6.29. The Hall–Kier alpha value is -1.69. The Labute approximate surface area is 96.2 Å². The minimum Gasteiger partial charge on any atom is -0.458 e. The van der Waals surface area contributed by atoms with Crippen molar-refractivity contribution in [1.82, 2.24) is 19.6 Å². The molecule has 0 aliphatic heterocycles. The number of esters is 1. The molecule has 2 rings (SSSR count). The Balaban J connectivity index is 2.36. The Bertz CT molecular complexity index is 552. The summed E-state index contributed by atoms with van der Waals surface area (Å²) in [5.74, 6) is 0.386. The third-order valence-corrected chi connectivity index (χ3v) is 2.11. The zero-order valence-electron chi connectivity index (χ0n) is 8.77. The molecule has 0 atom stereocenters. The number of rotatable bonds is 2. The molecule has 0 unspecified atom stereocenters. The highest BCUT2D eigenvalue weighted by Crippen LogP contribution is 2.11. The van der Waals surface area contributed by atoms with E-state index in [1.165, 1.54) is 11.4 Å². The second-order valence-electron chi connectivity index (χ2n) is 3.24. The molecule has 0 N–H and O–H groups in total. The quantitative estimate of drug-likeness (QED) is 0.582. The third kappa shape index (κ3) is 2.11. The van der Waals surface area contributed by atoms with Crippen molar-refractivity contribution in [2.75, 3.05) is 0 Å². The van der Waals surface area contributed by atoms with Crippen LogP contribution in [-0.2, 0) is 16.1 Å². The van der Waals surface area contributed by atoms with E-state index in [0.717, 1.165) is 5.69 Å². The van der Waals surface area contributed by atoms with Gasteiger partial charge in [0.25, 0.3) is 5.78 Å². The summed E-state index contributed by atoms with van der Waals surface area (Å²) >= 11 is 5.95. The monoisotopic (exact) mass is 240 g/mol. The van der Waals surface area contributed by atoms with Gasteiger partial charge in [0.05, 0.1) is 0 Å². The van der Waals surface area contributed by atoms with Gasteiger partial charge in [-0.2, -0.15) is 9.50 Å². The molecule has 7 heteroatoms. The summed E-state index contributed by atoms with van der Waals surface area (Å²) in [6.07, 6.45) is 0. The SMILES string of the molecule is CC(=O)OCc1nc2nc(C)cc(Cl)n2n1. The first kappa shape index (κ1) is 10.8. The van der Waals surface area contributed by atoms with Gasteiger partial charge in [0.2, 0.25) is 0 Å². The Morgan fingerprint density at radius 3 is 3.00 bits per heavy atom. The number of hydrogen-bond donors (Lipinski definition) is 0. The first-order chi connectivity index (χ1) is 7.56. The van der Waals surface area contributed by atoms with E-state index in [2.05, 4.69) is 15.1 Å². The van der Waals surface area contributed by atoms with Gasteiger partial charge in [-0.25, -0.2) is 4.98 Å². The molecular formula is C9H9ClN4O2. The second kappa shape index (κ2) is 4.05. The van der Waals surface area contributed by atoms with Gasteiger partial charge in [-0.1, -0.05) is 11.6 Å². The van der Waals surface area contributed by atoms with Gasteiger partial charge in [0.1, 0.15) is 5.15 Å². The van der Waals surface area contributed by atoms with Crippen LogP contribution >= 0.6 is 11.6 Å². The number of aromatic nitrogens is 4. The van der Waals surface area contributed by atoms with Crippen molar-refractivity contribution < 1.29 is 9.53 Å². The van der Waals surface area contributed by atoms with Crippen LogP contribution in [0.1, 0.15) is 18.4 Å². The van der Waals surface area contributed by atoms with E-state index >= 15 is 0 Å². The number of carbonyl (C=O) groups excluding carboxylic acids is 1. The van der Waals surface area contributed by atoms with Gasteiger partial charge in [-0.15, -0.1) is 5.10 Å². The van der Waals surface area contributed by atoms with Gasteiger partial charge in [-0.3, -0.25) is 4.79 Å². The largest absolute Gasteiger partial charge is 0.458 e. The molecule has 0 aliphatic carbocycles. The molecule has 0 amide bonds. The van der Waals surface area contributed by atoms with Crippen LogP contribution < -0.4 is 0 Å². The van der Waals surface area contributed by atoms with Crippen LogP contribution in [0.3, 0.4) is 0 Å². The predicted octanol–water partition coefficient (Wildman–Crippen LogP) is 1.15. The van der Waals surface area contributed by atoms with Gasteiger partial charge in [0.15, 0.2) is 12.4 Å². The lowest BCUT2D eigenvalue weighted by Gasteiger charge is -1.95. The molecule has 2 aromatic heterocycles. The van der Waals surface area contributed by atoms with Crippen LogP contribution in [0.25, 0.3) is 5.78 Å². The fourth-order valence-corrected chi connectivity index (χ4v) is 1.48. The van der Waals surface area contributed by atoms with Crippen LogP contribution in [-0.4, -0.2) is 25.6 Å². The Morgan fingerprint density at radius 2 is 2.31 bits per heavy atom. The molecule has 0 aliphatic rings. The van der Waals surface area contributed by atoms with Crippen LogP contribution in [0.2, 0.25) is 5.15 Å². The van der Waals surface area contributed by atoms with Crippen molar-refractivity contribution in [3.63, 3.8) is 0 Å². The molecule has 0 saturated carbocycles. The van der Waals surface area contributed by atoms with Crippen molar-refractivity contribution in [2.24, 2.45) is 0 Å². The number of carbonyl (C=O) groups is 1. The zero-order valence-corrected chi connectivity index (χ0v) is 9.52. The molecule has 0 fully saturated rings. The molecule has 0 radical (unpaired) electrons. The predicted molar refractivity (Wildman–Crippen MR) is 56.0 cm³/mol. The van der Waals surface area contributed by atoms with Crippen molar-refractivity contribution in [1.29, 1.82) is 0 Å². The molecule has 0 spiro atoms. The first-order valence-corrected chi connectivity index (χ1v) is 4.96. The number of nitrogens with zero attached hydrogens (tertiary/aromatic N) is 4. The molecular weight excluding hydrogens is 232 g/mol. The summed E-state index contributed by atoms with van der Waals surface area (Å²) in [6.45, 7) is 3.16. The van der Waals surface area contributed by atoms with Crippen LogP contribution in [0.15, 0.2) is 6.07 Å². The van der Waals surface area contributed by atoms with E-state index < -0.39 is 0 Å². The number of halogens is 1. The minimum atomic E-state index is -0.380. The molecule has 2 aromatic rings. The van der Waals surface area contributed by atoms with Crippen LogP contribution in [0.4, 0.5) is 0 Å². The average Bonchev–Trinajstić information content (AvgIpc) is 2.57. The summed E-state index contributed by atoms with van der Waals surface area (Å²) in [5, 5.41) is 4.48. The van der Waals surface area contributed by atoms with Gasteiger partial charge in [0, 0.05) is 12.6 Å². The maximum atomic E-state index is 10.6. The Kier molecular flexibility index (Phi) is 2.74. The van der Waals surface area contributed by atoms with E-state index in [9.17, 15) is 4.79 Å². The summed E-state index contributed by atoms with van der Waals surface area (Å²) in [5.41, 5.74) is 0.754. The van der Waals surface area contributed by atoms with Gasteiger partial charge >= 0.3 is 5.97 Å². The summed E-state index contributed by atoms with van der Waals surface area (Å²) in [4.78, 5) is 18.9. The molecule has 0 bridgehead atoms. The highest BCUT2D eigenvalue weighted by Gasteiger charge is 2.09. The maximum absolute atomic E-state index is 10.6. The molecule has 6 nitrogen and oxygen atoms in total. The van der Waals surface area contributed by atoms with Crippen molar-refractivity contribution >= 4 is 23.3 Å². The third-order valence-electron chi connectivity index (χ3n) is 1.85. The van der Waals surface area contributed by atoms with E-state index in [1.54, 1.807) is 6.07 Å². The smallest absolute Gasteiger partial charge is 0.303 e. The minimum absolute atomic E-state index is 0.0219. The van der Waals surface area contributed by atoms with Crippen molar-refractivity contribution in [3.05, 3.63) is 22.7 Å². The van der Waals surface area contributed by atoms with E-state index in [4.69, 9.17) is 16.3 Å². The lowest BCUT2D eigenvalue weighted by atomic mass is 10.5. The first-order valence-electron chi connectivity index (χ1n) is 4.58. The Morgan fingerprint density at radius 1 is 1.56 bits per heavy atom. The summed E-state index contributed by atoms with van der Waals surface area (Å²) in [6, 6.07) is 1.68. The topological polar surface area (TPSA) is 69.4 Å². The summed E-state index contributed by atoms with van der Waals surface area (Å²) < 4.78 is 6.18. The molecule has 0 aromatic carbocycles. The van der Waals surface area contributed by atoms with E-state index in [0.29, 0.717) is 16.8 Å².